The van der Waals surface area contributed by atoms with Gasteiger partial charge in [0, 0.05) is 11.7 Å². The van der Waals surface area contributed by atoms with Gasteiger partial charge in [-0.25, -0.2) is 0 Å². The Labute approximate surface area is 80.2 Å². The minimum atomic E-state index is 0.697. The minimum Gasteiger partial charge on any atom is -0.382 e. The summed E-state index contributed by atoms with van der Waals surface area (Å²) in [6.07, 6.45) is 4.07. The van der Waals surface area contributed by atoms with Gasteiger partial charge in [-0.3, -0.25) is 0 Å². The molecular formula is C12H17N. The average molecular weight is 175 g/mol. The van der Waals surface area contributed by atoms with Crippen LogP contribution in [0.15, 0.2) is 30.3 Å². The van der Waals surface area contributed by atoms with Crippen LogP contribution in [-0.4, -0.2) is 6.04 Å². The third kappa shape index (κ3) is 2.24. The van der Waals surface area contributed by atoms with Crippen molar-refractivity contribution in [1.82, 2.24) is 0 Å². The maximum Gasteiger partial charge on any atom is 0.0342 e. The smallest absolute Gasteiger partial charge is 0.0342 e. The zero-order valence-corrected chi connectivity index (χ0v) is 8.16. The zero-order valence-electron chi connectivity index (χ0n) is 8.16. The largest absolute Gasteiger partial charge is 0.382 e. The molecule has 1 aliphatic carbocycles. The van der Waals surface area contributed by atoms with E-state index in [-0.39, 0.29) is 0 Å². The Morgan fingerprint density at radius 1 is 1.31 bits per heavy atom. The summed E-state index contributed by atoms with van der Waals surface area (Å²) in [6, 6.07) is 11.2. The molecule has 0 amide bonds. The summed E-state index contributed by atoms with van der Waals surface area (Å²) >= 11 is 0. The molecule has 2 rings (SSSR count). The van der Waals surface area contributed by atoms with Gasteiger partial charge in [0.15, 0.2) is 0 Å². The van der Waals surface area contributed by atoms with E-state index in [9.17, 15) is 0 Å². The van der Waals surface area contributed by atoms with Gasteiger partial charge in [0.2, 0.25) is 0 Å². The highest BCUT2D eigenvalue weighted by Crippen LogP contribution is 2.35. The second-order valence-electron chi connectivity index (χ2n) is 3.86. The van der Waals surface area contributed by atoms with Crippen molar-refractivity contribution >= 4 is 5.69 Å². The first-order valence-corrected chi connectivity index (χ1v) is 5.21. The lowest BCUT2D eigenvalue weighted by atomic mass is 10.1. The molecule has 0 aliphatic heterocycles. The number of nitrogens with one attached hydrogen (secondary N) is 1. The molecule has 1 heteroatoms. The second kappa shape index (κ2) is 3.82. The molecule has 1 saturated carbocycles. The van der Waals surface area contributed by atoms with E-state index in [1.165, 1.54) is 24.9 Å². The number of benzene rings is 1. The molecule has 13 heavy (non-hydrogen) atoms. The van der Waals surface area contributed by atoms with Crippen LogP contribution in [0.2, 0.25) is 0 Å². The molecule has 1 unspecified atom stereocenters. The molecule has 1 atom stereocenters. The van der Waals surface area contributed by atoms with Crippen LogP contribution in [-0.2, 0) is 0 Å². The van der Waals surface area contributed by atoms with Gasteiger partial charge >= 0.3 is 0 Å². The molecular weight excluding hydrogens is 158 g/mol. The van der Waals surface area contributed by atoms with E-state index in [4.69, 9.17) is 0 Å². The minimum absolute atomic E-state index is 0.697. The Bertz CT molecular complexity index is 251. The molecule has 0 heterocycles. The van der Waals surface area contributed by atoms with Gasteiger partial charge in [0.25, 0.3) is 0 Å². The number of para-hydroxylation sites is 1. The Kier molecular flexibility index (Phi) is 2.53. The van der Waals surface area contributed by atoms with Crippen molar-refractivity contribution in [1.29, 1.82) is 0 Å². The van der Waals surface area contributed by atoms with Gasteiger partial charge in [0.1, 0.15) is 0 Å². The van der Waals surface area contributed by atoms with Crippen LogP contribution in [0.25, 0.3) is 0 Å². The summed E-state index contributed by atoms with van der Waals surface area (Å²) in [5.74, 6) is 0.935. The van der Waals surface area contributed by atoms with Gasteiger partial charge < -0.3 is 5.32 Å². The summed E-state index contributed by atoms with van der Waals surface area (Å²) in [7, 11) is 0. The van der Waals surface area contributed by atoms with Gasteiger partial charge in [-0.05, 0) is 37.3 Å². The normalized spacial score (nSPS) is 18.2. The van der Waals surface area contributed by atoms with E-state index in [1.807, 2.05) is 0 Å². The lowest BCUT2D eigenvalue weighted by Gasteiger charge is -2.17. The van der Waals surface area contributed by atoms with Crippen molar-refractivity contribution in [2.24, 2.45) is 5.92 Å². The highest BCUT2D eigenvalue weighted by atomic mass is 14.9. The molecule has 1 nitrogen and oxygen atoms in total. The Morgan fingerprint density at radius 2 is 2.00 bits per heavy atom. The molecule has 70 valence electrons. The first-order valence-electron chi connectivity index (χ1n) is 5.21. The van der Waals surface area contributed by atoms with Crippen molar-refractivity contribution in [3.63, 3.8) is 0 Å². The maximum atomic E-state index is 3.59. The molecule has 0 saturated heterocycles. The molecule has 0 bridgehead atoms. The fourth-order valence-electron chi connectivity index (χ4n) is 1.80. The molecule has 0 aromatic heterocycles. The third-order valence-corrected chi connectivity index (χ3v) is 2.76. The van der Waals surface area contributed by atoms with E-state index in [0.29, 0.717) is 6.04 Å². The predicted molar refractivity (Wildman–Crippen MR) is 56.9 cm³/mol. The maximum absolute atomic E-state index is 3.59. The summed E-state index contributed by atoms with van der Waals surface area (Å²) in [4.78, 5) is 0. The van der Waals surface area contributed by atoms with Crippen molar-refractivity contribution in [3.8, 4) is 0 Å². The standard InChI is InChI=1S/C12H17N/c1-2-12(10-8-9-10)13-11-6-4-3-5-7-11/h3-7,10,12-13H,2,8-9H2,1H3. The van der Waals surface area contributed by atoms with Crippen LogP contribution in [0.4, 0.5) is 5.69 Å². The van der Waals surface area contributed by atoms with E-state index in [0.717, 1.165) is 5.92 Å². The molecule has 0 radical (unpaired) electrons. The van der Waals surface area contributed by atoms with Crippen LogP contribution < -0.4 is 5.32 Å². The average Bonchev–Trinajstić information content (AvgIpc) is 2.99. The van der Waals surface area contributed by atoms with Crippen LogP contribution in [0.1, 0.15) is 26.2 Å². The molecule has 1 N–H and O–H groups in total. The highest BCUT2D eigenvalue weighted by molar-refractivity contribution is 5.43. The second-order valence-corrected chi connectivity index (χ2v) is 3.86. The number of hydrogen-bond donors (Lipinski definition) is 1. The first kappa shape index (κ1) is 8.61. The van der Waals surface area contributed by atoms with Gasteiger partial charge in [-0.1, -0.05) is 25.1 Å². The van der Waals surface area contributed by atoms with Gasteiger partial charge in [-0.2, -0.15) is 0 Å². The van der Waals surface area contributed by atoms with Crippen LogP contribution >= 0.6 is 0 Å². The highest BCUT2D eigenvalue weighted by Gasteiger charge is 2.29. The number of anilines is 1. The third-order valence-electron chi connectivity index (χ3n) is 2.76. The quantitative estimate of drug-likeness (QED) is 0.740. The van der Waals surface area contributed by atoms with E-state index >= 15 is 0 Å². The Hall–Kier alpha value is -0.980. The summed E-state index contributed by atoms with van der Waals surface area (Å²) in [6.45, 7) is 2.26. The zero-order chi connectivity index (χ0) is 9.10. The van der Waals surface area contributed by atoms with Crippen molar-refractivity contribution < 1.29 is 0 Å². The Morgan fingerprint density at radius 3 is 2.54 bits per heavy atom. The number of hydrogen-bond acceptors (Lipinski definition) is 1. The van der Waals surface area contributed by atoms with E-state index < -0.39 is 0 Å². The van der Waals surface area contributed by atoms with Crippen LogP contribution in [0.3, 0.4) is 0 Å². The van der Waals surface area contributed by atoms with Gasteiger partial charge in [0.05, 0.1) is 0 Å². The fourth-order valence-corrected chi connectivity index (χ4v) is 1.80. The SMILES string of the molecule is CCC(Nc1ccccc1)C1CC1. The molecule has 1 aliphatic rings. The molecule has 1 aromatic carbocycles. The van der Waals surface area contributed by atoms with Crippen LogP contribution in [0.5, 0.6) is 0 Å². The summed E-state index contributed by atoms with van der Waals surface area (Å²) in [5, 5.41) is 3.59. The lowest BCUT2D eigenvalue weighted by molar-refractivity contribution is 0.616. The van der Waals surface area contributed by atoms with E-state index in [2.05, 4.69) is 42.6 Å². The topological polar surface area (TPSA) is 12.0 Å². The monoisotopic (exact) mass is 175 g/mol. The van der Waals surface area contributed by atoms with Crippen molar-refractivity contribution in [3.05, 3.63) is 30.3 Å². The predicted octanol–water partition coefficient (Wildman–Crippen LogP) is 3.29. The summed E-state index contributed by atoms with van der Waals surface area (Å²) < 4.78 is 0. The summed E-state index contributed by atoms with van der Waals surface area (Å²) in [5.41, 5.74) is 1.27. The molecule has 1 fully saturated rings. The molecule has 1 aromatic rings. The first-order chi connectivity index (χ1) is 6.40. The van der Waals surface area contributed by atoms with Crippen LogP contribution in [0, 0.1) is 5.92 Å². The fraction of sp³-hybridized carbons (Fsp3) is 0.500. The lowest BCUT2D eigenvalue weighted by Crippen LogP contribution is -2.20. The van der Waals surface area contributed by atoms with E-state index in [1.54, 1.807) is 0 Å². The molecule has 0 spiro atoms. The van der Waals surface area contributed by atoms with Crippen molar-refractivity contribution in [2.75, 3.05) is 5.32 Å². The van der Waals surface area contributed by atoms with Gasteiger partial charge in [-0.15, -0.1) is 0 Å². The van der Waals surface area contributed by atoms with Crippen molar-refractivity contribution in [2.45, 2.75) is 32.2 Å². The Balaban J connectivity index is 1.95. The number of rotatable bonds is 4.